The van der Waals surface area contributed by atoms with Gasteiger partial charge in [-0.3, -0.25) is 9.69 Å². The Kier molecular flexibility index (Phi) is 12.0. The van der Waals surface area contributed by atoms with Crippen LogP contribution < -0.4 is 10.1 Å². The molecular weight excluding hydrogens is 554 g/mol. The normalized spacial score (nSPS) is 16.7. The number of imide groups is 1. The van der Waals surface area contributed by atoms with Crippen molar-refractivity contribution in [2.24, 2.45) is 5.41 Å². The predicted molar refractivity (Wildman–Crippen MR) is 175 cm³/mol. The maximum Gasteiger partial charge on any atom is 0.338 e. The van der Waals surface area contributed by atoms with E-state index in [4.69, 9.17) is 9.47 Å². The molecule has 3 amide bonds. The van der Waals surface area contributed by atoms with Crippen LogP contribution in [0.15, 0.2) is 36.4 Å². The van der Waals surface area contributed by atoms with E-state index in [1.807, 2.05) is 58.9 Å². The molecule has 1 saturated heterocycles. The van der Waals surface area contributed by atoms with E-state index in [0.29, 0.717) is 49.4 Å². The number of benzene rings is 2. The van der Waals surface area contributed by atoms with Gasteiger partial charge in [-0.05, 0) is 96.6 Å². The highest BCUT2D eigenvalue weighted by atomic mass is 16.5. The number of nitrogens with zero attached hydrogens (tertiary/aromatic N) is 2. The first kappa shape index (κ1) is 35.1. The van der Waals surface area contributed by atoms with Crippen LogP contribution in [0.25, 0.3) is 0 Å². The number of likely N-dealkylation sites (tertiary alicyclic amines) is 1. The highest BCUT2D eigenvalue weighted by molar-refractivity contribution is 6.03. The zero-order chi connectivity index (χ0) is 32.8. The summed E-state index contributed by atoms with van der Waals surface area (Å²) in [5, 5.41) is 3.10. The van der Waals surface area contributed by atoms with Gasteiger partial charge in [-0.25, -0.2) is 14.5 Å². The van der Waals surface area contributed by atoms with Crippen LogP contribution in [0.5, 0.6) is 5.75 Å². The van der Waals surface area contributed by atoms with Crippen LogP contribution in [0.2, 0.25) is 0 Å². The average molecular weight is 608 g/mol. The van der Waals surface area contributed by atoms with Gasteiger partial charge < -0.3 is 14.8 Å². The summed E-state index contributed by atoms with van der Waals surface area (Å²) < 4.78 is 12.1. The van der Waals surface area contributed by atoms with Gasteiger partial charge in [-0.1, -0.05) is 57.0 Å². The molecule has 1 aliphatic heterocycles. The number of hydrogen-bond acceptors (Lipinski definition) is 6. The van der Waals surface area contributed by atoms with Crippen LogP contribution in [-0.4, -0.2) is 59.2 Å². The van der Waals surface area contributed by atoms with Crippen LogP contribution in [0.1, 0.15) is 113 Å². The molecule has 8 heteroatoms. The summed E-state index contributed by atoms with van der Waals surface area (Å²) in [5.41, 5.74) is 3.29. The molecule has 2 unspecified atom stereocenters. The first-order valence-corrected chi connectivity index (χ1v) is 16.2. The number of β-lactam (4-membered cyclic amide) rings is 1. The Morgan fingerprint density at radius 2 is 1.52 bits per heavy atom. The molecule has 0 spiro atoms. The molecule has 44 heavy (non-hydrogen) atoms. The Hall–Kier alpha value is -3.39. The lowest BCUT2D eigenvalue weighted by molar-refractivity contribution is -0.191. The molecule has 0 aromatic heterocycles. The van der Waals surface area contributed by atoms with Gasteiger partial charge in [-0.2, -0.15) is 0 Å². The minimum atomic E-state index is -0.806. The van der Waals surface area contributed by atoms with E-state index in [1.165, 1.54) is 4.90 Å². The summed E-state index contributed by atoms with van der Waals surface area (Å²) in [7, 11) is 0. The van der Waals surface area contributed by atoms with Crippen LogP contribution in [0.4, 0.5) is 4.79 Å². The smallest absolute Gasteiger partial charge is 0.338 e. The van der Waals surface area contributed by atoms with Gasteiger partial charge in [0.15, 0.2) is 6.23 Å². The third-order valence-electron chi connectivity index (χ3n) is 9.05. The molecule has 2 aromatic rings. The van der Waals surface area contributed by atoms with E-state index in [0.717, 1.165) is 35.1 Å². The number of hydrogen-bond donors (Lipinski definition) is 1. The van der Waals surface area contributed by atoms with Crippen LogP contribution in [-0.2, 0) is 9.53 Å². The Bertz CT molecular complexity index is 1270. The van der Waals surface area contributed by atoms with E-state index < -0.39 is 17.7 Å². The van der Waals surface area contributed by atoms with Gasteiger partial charge in [0, 0.05) is 18.6 Å². The molecule has 1 N–H and O–H groups in total. The fourth-order valence-corrected chi connectivity index (χ4v) is 6.40. The summed E-state index contributed by atoms with van der Waals surface area (Å²) in [5.74, 6) is -0.0874. The summed E-state index contributed by atoms with van der Waals surface area (Å²) in [4.78, 5) is 43.8. The molecule has 1 fully saturated rings. The van der Waals surface area contributed by atoms with Gasteiger partial charge in [0.1, 0.15) is 17.8 Å². The van der Waals surface area contributed by atoms with Crippen molar-refractivity contribution in [3.63, 3.8) is 0 Å². The van der Waals surface area contributed by atoms with Gasteiger partial charge in [0.25, 0.3) is 0 Å². The molecule has 0 bridgehead atoms. The lowest BCUT2D eigenvalue weighted by Crippen LogP contribution is -2.73. The van der Waals surface area contributed by atoms with Gasteiger partial charge in [0.05, 0.1) is 11.6 Å². The lowest BCUT2D eigenvalue weighted by atomic mass is 9.72. The van der Waals surface area contributed by atoms with Crippen LogP contribution in [0.3, 0.4) is 0 Å². The summed E-state index contributed by atoms with van der Waals surface area (Å²) in [6.45, 7) is 21.2. The Morgan fingerprint density at radius 1 is 0.955 bits per heavy atom. The van der Waals surface area contributed by atoms with E-state index in [-0.39, 0.29) is 17.9 Å². The second-order valence-corrected chi connectivity index (χ2v) is 12.7. The monoisotopic (exact) mass is 607 g/mol. The van der Waals surface area contributed by atoms with Gasteiger partial charge in [-0.15, -0.1) is 0 Å². The second-order valence-electron chi connectivity index (χ2n) is 12.7. The Balaban J connectivity index is 1.80. The third-order valence-corrected chi connectivity index (χ3v) is 9.05. The predicted octanol–water partition coefficient (Wildman–Crippen LogP) is 7.49. The number of carbonyl (C=O) groups is 3. The summed E-state index contributed by atoms with van der Waals surface area (Å²) in [6, 6.07) is 11.7. The maximum atomic E-state index is 13.6. The fourth-order valence-electron chi connectivity index (χ4n) is 6.40. The van der Waals surface area contributed by atoms with E-state index in [9.17, 15) is 14.4 Å². The highest BCUT2D eigenvalue weighted by Crippen LogP contribution is 2.46. The molecule has 242 valence electrons. The molecule has 0 aliphatic carbocycles. The SMILES string of the molecule is CCCC(NC(=O)N1C(=O)C(CC)(CC)C1Oc1cc(C)c(C(=O)OCCN(C(C)C)C(C)C)c(C)c1)c1ccc(C)cc1. The Labute approximate surface area is 264 Å². The molecule has 0 radical (unpaired) electrons. The number of urea groups is 1. The number of nitrogens with one attached hydrogen (secondary N) is 1. The van der Waals surface area contributed by atoms with E-state index in [2.05, 4.69) is 44.8 Å². The molecule has 1 heterocycles. The summed E-state index contributed by atoms with van der Waals surface area (Å²) in [6.07, 6.45) is 1.94. The van der Waals surface area contributed by atoms with Crippen LogP contribution in [0, 0.1) is 26.2 Å². The fraction of sp³-hybridized carbons (Fsp3) is 0.583. The van der Waals surface area contributed by atoms with Crippen LogP contribution >= 0.6 is 0 Å². The van der Waals surface area contributed by atoms with Gasteiger partial charge >= 0.3 is 12.0 Å². The molecule has 1 aliphatic rings. The van der Waals surface area contributed by atoms with Crippen molar-refractivity contribution in [2.75, 3.05) is 13.2 Å². The lowest BCUT2D eigenvalue weighted by Gasteiger charge is -2.53. The largest absolute Gasteiger partial charge is 0.469 e. The zero-order valence-corrected chi connectivity index (χ0v) is 28.5. The molecule has 2 atom stereocenters. The number of rotatable bonds is 14. The quantitative estimate of drug-likeness (QED) is 0.177. The van der Waals surface area contributed by atoms with Crippen molar-refractivity contribution in [3.05, 3.63) is 64.2 Å². The van der Waals surface area contributed by atoms with E-state index >= 15 is 0 Å². The van der Waals surface area contributed by atoms with Crippen molar-refractivity contribution in [1.82, 2.24) is 15.1 Å². The van der Waals surface area contributed by atoms with Crippen molar-refractivity contribution in [3.8, 4) is 5.75 Å². The average Bonchev–Trinajstić information content (AvgIpc) is 2.95. The molecular formula is C36H53N3O5. The second kappa shape index (κ2) is 15.1. The number of aryl methyl sites for hydroxylation is 3. The third kappa shape index (κ3) is 7.45. The minimum Gasteiger partial charge on any atom is -0.469 e. The first-order valence-electron chi connectivity index (χ1n) is 16.2. The molecule has 8 nitrogen and oxygen atoms in total. The van der Waals surface area contributed by atoms with Crippen molar-refractivity contribution in [1.29, 1.82) is 0 Å². The first-order chi connectivity index (χ1) is 20.8. The van der Waals surface area contributed by atoms with Crippen molar-refractivity contribution in [2.45, 2.75) is 119 Å². The van der Waals surface area contributed by atoms with Crippen molar-refractivity contribution < 1.29 is 23.9 Å². The van der Waals surface area contributed by atoms with Crippen molar-refractivity contribution >= 4 is 17.9 Å². The zero-order valence-electron chi connectivity index (χ0n) is 28.5. The number of carbonyl (C=O) groups excluding carboxylic acids is 3. The molecule has 3 rings (SSSR count). The van der Waals surface area contributed by atoms with E-state index in [1.54, 1.807) is 12.1 Å². The Morgan fingerprint density at radius 3 is 2.02 bits per heavy atom. The molecule has 2 aromatic carbocycles. The summed E-state index contributed by atoms with van der Waals surface area (Å²) >= 11 is 0. The maximum absolute atomic E-state index is 13.6. The van der Waals surface area contributed by atoms with Gasteiger partial charge in [0.2, 0.25) is 5.91 Å². The standard InChI is InChI=1S/C36H53N3O5/c1-11-14-30(28-17-15-25(8)16-18-28)37-35(42)39-33(41)36(12-2,13-3)34(39)44-29-21-26(9)31(27(10)22-29)32(40)43-20-19-38(23(4)5)24(6)7/h15-18,21-24,30,34H,11-14,19-20H2,1-10H3,(H,37,42). The number of esters is 1. The molecule has 0 saturated carbocycles. The minimum absolute atomic E-state index is 0.220. The highest BCUT2D eigenvalue weighted by Gasteiger charge is 2.63. The number of amides is 3. The topological polar surface area (TPSA) is 88.2 Å². The number of ether oxygens (including phenoxy) is 2.